The van der Waals surface area contributed by atoms with Gasteiger partial charge in [0.1, 0.15) is 0 Å². The van der Waals surface area contributed by atoms with Gasteiger partial charge in [-0.25, -0.2) is 0 Å². The zero-order valence-corrected chi connectivity index (χ0v) is 10.3. The Morgan fingerprint density at radius 2 is 2.07 bits per heavy atom. The van der Waals surface area contributed by atoms with Gasteiger partial charge in [0.25, 0.3) is 0 Å². The zero-order valence-electron chi connectivity index (χ0n) is 9.50. The molecule has 0 aromatic rings. The molecule has 0 fully saturated rings. The topological polar surface area (TPSA) is 18.5 Å². The van der Waals surface area contributed by atoms with Crippen LogP contribution in [0, 0.1) is 5.92 Å². The van der Waals surface area contributed by atoms with Crippen LogP contribution in [0.2, 0.25) is 0 Å². The molecule has 0 aliphatic carbocycles. The van der Waals surface area contributed by atoms with Gasteiger partial charge in [-0.05, 0) is 27.2 Å². The molecule has 0 rings (SSSR count). The Morgan fingerprint density at radius 1 is 1.43 bits per heavy atom. The Labute approximate surface area is 91.8 Å². The molecule has 82 valence electrons. The third-order valence-corrected chi connectivity index (χ3v) is 2.26. The van der Waals surface area contributed by atoms with Gasteiger partial charge in [0.2, 0.25) is 0 Å². The first-order chi connectivity index (χ1) is 6.57. The maximum atomic E-state index is 5.24. The molecule has 2 nitrogen and oxygen atoms in total. The summed E-state index contributed by atoms with van der Waals surface area (Å²) in [6, 6.07) is 0. The second-order valence-corrected chi connectivity index (χ2v) is 4.28. The molecule has 0 amide bonds. The van der Waals surface area contributed by atoms with E-state index in [1.165, 1.54) is 5.57 Å². The number of allylic oxidation sites excluding steroid dienone is 2. The van der Waals surface area contributed by atoms with Gasteiger partial charge in [0.15, 0.2) is 12.3 Å². The quantitative estimate of drug-likeness (QED) is 0.367. The van der Waals surface area contributed by atoms with Gasteiger partial charge < -0.3 is 0 Å². The van der Waals surface area contributed by atoms with Gasteiger partial charge in [0.05, 0.1) is 13.7 Å². The first-order valence-electron chi connectivity index (χ1n) is 4.69. The molecular weight excluding hydrogens is 196 g/mol. The Hall–Kier alpha value is -0.250. The molecule has 14 heavy (non-hydrogen) atoms. The van der Waals surface area contributed by atoms with Crippen molar-refractivity contribution in [3.05, 3.63) is 23.8 Å². The van der Waals surface area contributed by atoms with Crippen molar-refractivity contribution in [3.8, 4) is 0 Å². The molecule has 0 heterocycles. The standard InChI is InChI=1S/C11H20O2S/c1-9(2)6-7-11(10(3)4)8-13-14-12-5/h6,11H,3,7-8H2,1-2,4-5H3. The second-order valence-electron chi connectivity index (χ2n) is 3.58. The highest BCUT2D eigenvalue weighted by Gasteiger charge is 2.08. The van der Waals surface area contributed by atoms with E-state index < -0.39 is 0 Å². The first kappa shape index (κ1) is 13.8. The molecule has 0 aromatic heterocycles. The smallest absolute Gasteiger partial charge is 0.158 e. The molecule has 1 unspecified atom stereocenters. The van der Waals surface area contributed by atoms with Crippen LogP contribution in [0.3, 0.4) is 0 Å². The van der Waals surface area contributed by atoms with Crippen LogP contribution in [0.25, 0.3) is 0 Å². The lowest BCUT2D eigenvalue weighted by Gasteiger charge is -2.14. The Kier molecular flexibility index (Phi) is 7.95. The van der Waals surface area contributed by atoms with Gasteiger partial charge in [0, 0.05) is 5.92 Å². The molecule has 3 heteroatoms. The third kappa shape index (κ3) is 7.18. The maximum absolute atomic E-state index is 5.24. The van der Waals surface area contributed by atoms with Crippen LogP contribution in [0.1, 0.15) is 27.2 Å². The largest absolute Gasteiger partial charge is 0.295 e. The minimum Gasteiger partial charge on any atom is -0.295 e. The van der Waals surface area contributed by atoms with Crippen LogP contribution in [0.4, 0.5) is 0 Å². The van der Waals surface area contributed by atoms with Crippen molar-refractivity contribution in [3.63, 3.8) is 0 Å². The summed E-state index contributed by atoms with van der Waals surface area (Å²) < 4.78 is 9.99. The third-order valence-electron chi connectivity index (χ3n) is 1.89. The van der Waals surface area contributed by atoms with E-state index in [-0.39, 0.29) is 0 Å². The van der Waals surface area contributed by atoms with Crippen LogP contribution in [-0.4, -0.2) is 13.7 Å². The van der Waals surface area contributed by atoms with Crippen molar-refractivity contribution in [2.75, 3.05) is 13.7 Å². The summed E-state index contributed by atoms with van der Waals surface area (Å²) in [6.07, 6.45) is 3.20. The normalized spacial score (nSPS) is 12.3. The van der Waals surface area contributed by atoms with Crippen molar-refractivity contribution in [2.45, 2.75) is 27.2 Å². The first-order valence-corrected chi connectivity index (χ1v) is 5.35. The summed E-state index contributed by atoms with van der Waals surface area (Å²) in [5.74, 6) is 0.382. The highest BCUT2D eigenvalue weighted by molar-refractivity contribution is 7.89. The van der Waals surface area contributed by atoms with Crippen molar-refractivity contribution in [1.29, 1.82) is 0 Å². The van der Waals surface area contributed by atoms with Gasteiger partial charge >= 0.3 is 0 Å². The van der Waals surface area contributed by atoms with Crippen LogP contribution in [-0.2, 0) is 8.37 Å². The van der Waals surface area contributed by atoms with E-state index in [1.54, 1.807) is 7.11 Å². The lowest BCUT2D eigenvalue weighted by atomic mass is 9.98. The fourth-order valence-corrected chi connectivity index (χ4v) is 1.26. The SMILES string of the molecule is C=C(C)C(CC=C(C)C)COSOC. The lowest BCUT2D eigenvalue weighted by molar-refractivity contribution is 0.280. The molecule has 0 bridgehead atoms. The summed E-state index contributed by atoms with van der Waals surface area (Å²) in [7, 11) is 1.59. The molecule has 0 saturated carbocycles. The Balaban J connectivity index is 3.90. The minimum atomic E-state index is 0.382. The summed E-state index contributed by atoms with van der Waals surface area (Å²) >= 11 is 1.03. The fourth-order valence-electron chi connectivity index (χ4n) is 0.947. The van der Waals surface area contributed by atoms with E-state index in [0.29, 0.717) is 12.5 Å². The Bertz CT molecular complexity index is 195. The van der Waals surface area contributed by atoms with Crippen LogP contribution < -0.4 is 0 Å². The van der Waals surface area contributed by atoms with Crippen molar-refractivity contribution < 1.29 is 8.37 Å². The summed E-state index contributed by atoms with van der Waals surface area (Å²) in [5.41, 5.74) is 2.48. The van der Waals surface area contributed by atoms with Crippen molar-refractivity contribution >= 4 is 12.3 Å². The van der Waals surface area contributed by atoms with E-state index in [0.717, 1.165) is 24.3 Å². The van der Waals surface area contributed by atoms with E-state index in [2.05, 4.69) is 26.5 Å². The van der Waals surface area contributed by atoms with E-state index in [9.17, 15) is 0 Å². The fraction of sp³-hybridized carbons (Fsp3) is 0.636. The van der Waals surface area contributed by atoms with E-state index in [1.807, 2.05) is 6.92 Å². The average Bonchev–Trinajstić information content (AvgIpc) is 2.10. The lowest BCUT2D eigenvalue weighted by Crippen LogP contribution is -2.07. The predicted molar refractivity (Wildman–Crippen MR) is 62.9 cm³/mol. The summed E-state index contributed by atoms with van der Waals surface area (Å²) in [6.45, 7) is 10.8. The van der Waals surface area contributed by atoms with Crippen LogP contribution >= 0.6 is 12.3 Å². The van der Waals surface area contributed by atoms with Crippen LogP contribution in [0.15, 0.2) is 23.8 Å². The molecule has 0 aromatic carbocycles. The molecule has 0 N–H and O–H groups in total. The van der Waals surface area contributed by atoms with Gasteiger partial charge in [-0.3, -0.25) is 8.37 Å². The maximum Gasteiger partial charge on any atom is 0.158 e. The van der Waals surface area contributed by atoms with E-state index >= 15 is 0 Å². The summed E-state index contributed by atoms with van der Waals surface area (Å²) in [5, 5.41) is 0. The number of hydrogen-bond donors (Lipinski definition) is 0. The molecule has 0 spiro atoms. The molecule has 1 atom stereocenters. The highest BCUT2D eigenvalue weighted by atomic mass is 32.2. The number of rotatable bonds is 7. The van der Waals surface area contributed by atoms with E-state index in [4.69, 9.17) is 8.37 Å². The van der Waals surface area contributed by atoms with Crippen molar-refractivity contribution in [1.82, 2.24) is 0 Å². The van der Waals surface area contributed by atoms with Gasteiger partial charge in [-0.15, -0.1) is 0 Å². The predicted octanol–water partition coefficient (Wildman–Crippen LogP) is 3.76. The monoisotopic (exact) mass is 216 g/mol. The molecule has 0 aliphatic heterocycles. The van der Waals surface area contributed by atoms with Crippen LogP contribution in [0.5, 0.6) is 0 Å². The molecular formula is C11H20O2S. The molecule has 0 radical (unpaired) electrons. The van der Waals surface area contributed by atoms with Gasteiger partial charge in [-0.2, -0.15) is 0 Å². The minimum absolute atomic E-state index is 0.382. The molecule has 0 aliphatic rings. The summed E-state index contributed by atoms with van der Waals surface area (Å²) in [4.78, 5) is 0. The van der Waals surface area contributed by atoms with Crippen molar-refractivity contribution in [2.24, 2.45) is 5.92 Å². The zero-order chi connectivity index (χ0) is 11.0. The highest BCUT2D eigenvalue weighted by Crippen LogP contribution is 2.18. The number of hydrogen-bond acceptors (Lipinski definition) is 3. The second kappa shape index (κ2) is 8.09. The van der Waals surface area contributed by atoms with Gasteiger partial charge in [-0.1, -0.05) is 23.8 Å². The average molecular weight is 216 g/mol. The molecule has 0 saturated heterocycles. The Morgan fingerprint density at radius 3 is 2.50 bits per heavy atom.